The summed E-state index contributed by atoms with van der Waals surface area (Å²) in [5.41, 5.74) is 6.67. The number of aliphatic imine (C=N–C) groups is 1. The van der Waals surface area contributed by atoms with E-state index in [9.17, 15) is 9.90 Å². The van der Waals surface area contributed by atoms with Gasteiger partial charge in [-0.05, 0) is 42.0 Å². The summed E-state index contributed by atoms with van der Waals surface area (Å²) in [6.07, 6.45) is 0.948. The molecule has 0 aliphatic rings. The third kappa shape index (κ3) is 3.73. The van der Waals surface area contributed by atoms with Gasteiger partial charge in [0.2, 0.25) is 0 Å². The fraction of sp³-hybridized carbons (Fsp3) is 0.111. The lowest BCUT2D eigenvalue weighted by Crippen LogP contribution is -2.08. The molecule has 0 radical (unpaired) electrons. The zero-order chi connectivity index (χ0) is 17.7. The second-order valence-electron chi connectivity index (χ2n) is 5.09. The van der Waals surface area contributed by atoms with Crippen molar-refractivity contribution in [2.45, 2.75) is 6.92 Å². The number of hydrogen-bond donors (Lipinski definition) is 3. The number of methoxy groups -OCH3 is 1. The Labute approximate surface area is 140 Å². The summed E-state index contributed by atoms with van der Waals surface area (Å²) in [6.45, 7) is 5.50. The number of anilines is 1. The first-order chi connectivity index (χ1) is 11.5. The van der Waals surface area contributed by atoms with Crippen LogP contribution in [0, 0.1) is 0 Å². The van der Waals surface area contributed by atoms with Gasteiger partial charge in [-0.1, -0.05) is 18.7 Å². The lowest BCUT2D eigenvalue weighted by Gasteiger charge is -2.12. The number of carboxylic acid groups (broad SMARTS) is 1. The standard InChI is InChI=1S/C18H19N3O3/c1-11(17(18(22)23)20-10-19)12(2)21-15-6-4-14-9-16(24-3)7-5-13(14)8-15/h4-10,21H,2H2,1,3H3,(H2,19,20)(H,22,23)/b17-11-. The summed E-state index contributed by atoms with van der Waals surface area (Å²) < 4.78 is 5.21. The smallest absolute Gasteiger partial charge is 0.354 e. The van der Waals surface area contributed by atoms with Crippen LogP contribution < -0.4 is 15.8 Å². The van der Waals surface area contributed by atoms with Gasteiger partial charge in [0.25, 0.3) is 0 Å². The number of benzene rings is 2. The third-order valence-electron chi connectivity index (χ3n) is 3.56. The topological polar surface area (TPSA) is 96.9 Å². The summed E-state index contributed by atoms with van der Waals surface area (Å²) in [7, 11) is 1.63. The molecule has 2 aromatic carbocycles. The Kier molecular flexibility index (Phi) is 5.21. The Hall–Kier alpha value is -3.28. The van der Waals surface area contributed by atoms with Crippen molar-refractivity contribution < 1.29 is 14.6 Å². The Morgan fingerprint density at radius 1 is 1.29 bits per heavy atom. The minimum absolute atomic E-state index is 0.152. The van der Waals surface area contributed by atoms with Crippen LogP contribution in [0.1, 0.15) is 6.92 Å². The maximum absolute atomic E-state index is 11.2. The SMILES string of the molecule is C=C(Nc1ccc2cc(OC)ccc2c1)/C(C)=C(\N=CN)C(=O)O. The number of nitrogens with zero attached hydrogens (tertiary/aromatic N) is 1. The van der Waals surface area contributed by atoms with Crippen molar-refractivity contribution in [3.63, 3.8) is 0 Å². The lowest BCUT2D eigenvalue weighted by molar-refractivity contribution is -0.132. The van der Waals surface area contributed by atoms with Crippen molar-refractivity contribution in [3.05, 3.63) is 59.9 Å². The maximum atomic E-state index is 11.2. The minimum Gasteiger partial charge on any atom is -0.497 e. The van der Waals surface area contributed by atoms with Crippen LogP contribution in [-0.4, -0.2) is 24.5 Å². The van der Waals surface area contributed by atoms with Crippen molar-refractivity contribution >= 4 is 28.8 Å². The van der Waals surface area contributed by atoms with Gasteiger partial charge in [-0.2, -0.15) is 0 Å². The summed E-state index contributed by atoms with van der Waals surface area (Å²) in [5.74, 6) is -0.375. The molecule has 0 amide bonds. The quantitative estimate of drug-likeness (QED) is 0.328. The van der Waals surface area contributed by atoms with Crippen LogP contribution in [0.3, 0.4) is 0 Å². The van der Waals surface area contributed by atoms with Crippen molar-refractivity contribution in [2.75, 3.05) is 12.4 Å². The van der Waals surface area contributed by atoms with Gasteiger partial charge in [-0.3, -0.25) is 0 Å². The van der Waals surface area contributed by atoms with E-state index in [4.69, 9.17) is 10.5 Å². The number of carbonyl (C=O) groups is 1. The van der Waals surface area contributed by atoms with Gasteiger partial charge < -0.3 is 20.9 Å². The molecule has 0 saturated carbocycles. The highest BCUT2D eigenvalue weighted by Gasteiger charge is 2.12. The molecule has 0 heterocycles. The normalized spacial score (nSPS) is 12.1. The van der Waals surface area contributed by atoms with Gasteiger partial charge in [0.1, 0.15) is 5.75 Å². The Morgan fingerprint density at radius 2 is 1.96 bits per heavy atom. The summed E-state index contributed by atoms with van der Waals surface area (Å²) in [6, 6.07) is 11.5. The number of nitrogens with two attached hydrogens (primary N) is 1. The average molecular weight is 325 g/mol. The summed E-state index contributed by atoms with van der Waals surface area (Å²) >= 11 is 0. The van der Waals surface area contributed by atoms with Gasteiger partial charge in [0, 0.05) is 17.0 Å². The monoisotopic (exact) mass is 325 g/mol. The molecule has 0 bridgehead atoms. The van der Waals surface area contributed by atoms with Gasteiger partial charge in [-0.25, -0.2) is 9.79 Å². The molecule has 24 heavy (non-hydrogen) atoms. The molecule has 0 atom stereocenters. The number of allylic oxidation sites excluding steroid dienone is 1. The van der Waals surface area contributed by atoms with E-state index in [1.165, 1.54) is 0 Å². The van der Waals surface area contributed by atoms with E-state index in [2.05, 4.69) is 16.9 Å². The van der Waals surface area contributed by atoms with Crippen LogP contribution in [0.5, 0.6) is 5.75 Å². The van der Waals surface area contributed by atoms with Crippen LogP contribution >= 0.6 is 0 Å². The minimum atomic E-state index is -1.16. The molecule has 0 fully saturated rings. The van der Waals surface area contributed by atoms with Crippen LogP contribution in [0.15, 0.2) is 64.9 Å². The van der Waals surface area contributed by atoms with E-state index in [-0.39, 0.29) is 5.70 Å². The van der Waals surface area contributed by atoms with Crippen molar-refractivity contribution in [3.8, 4) is 5.75 Å². The molecule has 0 aliphatic heterocycles. The van der Waals surface area contributed by atoms with Crippen LogP contribution in [0.25, 0.3) is 10.8 Å². The Bertz CT molecular complexity index is 854. The molecule has 0 saturated heterocycles. The zero-order valence-corrected chi connectivity index (χ0v) is 13.5. The summed E-state index contributed by atoms with van der Waals surface area (Å²) in [5, 5.41) is 14.3. The largest absolute Gasteiger partial charge is 0.497 e. The van der Waals surface area contributed by atoms with Gasteiger partial charge in [0.05, 0.1) is 13.4 Å². The van der Waals surface area contributed by atoms with E-state index in [0.29, 0.717) is 11.3 Å². The number of hydrogen-bond acceptors (Lipinski definition) is 4. The first-order valence-corrected chi connectivity index (χ1v) is 7.18. The zero-order valence-electron chi connectivity index (χ0n) is 13.5. The predicted molar refractivity (Wildman–Crippen MR) is 96.3 cm³/mol. The maximum Gasteiger partial charge on any atom is 0.354 e. The summed E-state index contributed by atoms with van der Waals surface area (Å²) in [4.78, 5) is 14.9. The van der Waals surface area contributed by atoms with Gasteiger partial charge in [0.15, 0.2) is 5.70 Å². The molecule has 0 unspecified atom stereocenters. The van der Waals surface area contributed by atoms with Gasteiger partial charge >= 0.3 is 5.97 Å². The van der Waals surface area contributed by atoms with E-state index in [1.807, 2.05) is 36.4 Å². The second-order valence-corrected chi connectivity index (χ2v) is 5.09. The first kappa shape index (κ1) is 17.1. The second kappa shape index (κ2) is 7.32. The van der Waals surface area contributed by atoms with E-state index in [1.54, 1.807) is 14.0 Å². The molecule has 0 spiro atoms. The lowest BCUT2D eigenvalue weighted by atomic mass is 10.1. The van der Waals surface area contributed by atoms with E-state index < -0.39 is 5.97 Å². The number of aliphatic carboxylic acids is 1. The first-order valence-electron chi connectivity index (χ1n) is 7.18. The fourth-order valence-electron chi connectivity index (χ4n) is 2.23. The molecule has 4 N–H and O–H groups in total. The molecule has 124 valence electrons. The van der Waals surface area contributed by atoms with Crippen molar-refractivity contribution in [1.82, 2.24) is 0 Å². The number of carboxylic acids is 1. The highest BCUT2D eigenvalue weighted by atomic mass is 16.5. The average Bonchev–Trinajstić information content (AvgIpc) is 2.58. The molecular weight excluding hydrogens is 306 g/mol. The van der Waals surface area contributed by atoms with Crippen molar-refractivity contribution in [2.24, 2.45) is 10.7 Å². The Balaban J connectivity index is 2.30. The fourth-order valence-corrected chi connectivity index (χ4v) is 2.23. The molecule has 6 heteroatoms. The third-order valence-corrected chi connectivity index (χ3v) is 3.56. The predicted octanol–water partition coefficient (Wildman–Crippen LogP) is 3.12. The highest BCUT2D eigenvalue weighted by molar-refractivity contribution is 5.90. The van der Waals surface area contributed by atoms with Crippen LogP contribution in [0.2, 0.25) is 0 Å². The molecule has 2 aromatic rings. The van der Waals surface area contributed by atoms with E-state index in [0.717, 1.165) is 28.5 Å². The highest BCUT2D eigenvalue weighted by Crippen LogP contribution is 2.25. The number of fused-ring (bicyclic) bond motifs is 1. The number of rotatable bonds is 6. The number of nitrogens with one attached hydrogen (secondary N) is 1. The van der Waals surface area contributed by atoms with Gasteiger partial charge in [-0.15, -0.1) is 0 Å². The molecule has 2 rings (SSSR count). The van der Waals surface area contributed by atoms with E-state index >= 15 is 0 Å². The molecular formula is C18H19N3O3. The molecule has 0 aliphatic carbocycles. The Morgan fingerprint density at radius 3 is 2.58 bits per heavy atom. The molecule has 0 aromatic heterocycles. The molecule has 6 nitrogen and oxygen atoms in total. The van der Waals surface area contributed by atoms with Crippen LogP contribution in [-0.2, 0) is 4.79 Å². The number of ether oxygens (including phenoxy) is 1. The van der Waals surface area contributed by atoms with Crippen molar-refractivity contribution in [1.29, 1.82) is 0 Å². The van der Waals surface area contributed by atoms with Crippen LogP contribution in [0.4, 0.5) is 5.69 Å².